The van der Waals surface area contributed by atoms with E-state index in [0.29, 0.717) is 45.0 Å². The largest absolute Gasteiger partial charge is 0.310 e. The Labute approximate surface area is 350 Å². The van der Waals surface area contributed by atoms with Crippen LogP contribution in [-0.2, 0) is 5.41 Å². The molecule has 0 saturated heterocycles. The minimum atomic E-state index is -1.55. The highest BCUT2D eigenvalue weighted by Gasteiger charge is 2.52. The van der Waals surface area contributed by atoms with Crippen molar-refractivity contribution in [3.8, 4) is 33.4 Å². The van der Waals surface area contributed by atoms with Gasteiger partial charge in [-0.2, -0.15) is 0 Å². The van der Waals surface area contributed by atoms with Crippen LogP contribution in [0.15, 0.2) is 206 Å². The Morgan fingerprint density at radius 2 is 0.508 bits per heavy atom. The molecular weight excluding hydrogens is 765 g/mol. The van der Waals surface area contributed by atoms with Crippen LogP contribution in [0.2, 0.25) is 0 Å². The standard InChI is InChI=1S/C55H34F4N2/c56-41-19-27-51-47(31-41)55(48-32-42(57)20-28-52(48)60(51)45-23-15-39(16-24-45)36-9-5-2-6-10-36)49-33-43(58)21-29-53(49)61(54-30-22-44(59)34-50(54)55)46-25-17-40(18-26-46)38-13-11-37(12-14-38)35-7-3-1-4-8-35/h1-34H. The van der Waals surface area contributed by atoms with Crippen LogP contribution >= 0.6 is 0 Å². The Bertz CT molecular complexity index is 3000. The summed E-state index contributed by atoms with van der Waals surface area (Å²) in [4.78, 5) is 3.95. The van der Waals surface area contributed by atoms with E-state index in [0.717, 1.165) is 44.8 Å². The van der Waals surface area contributed by atoms with Crippen molar-refractivity contribution < 1.29 is 17.6 Å². The normalized spacial score (nSPS) is 13.3. The summed E-state index contributed by atoms with van der Waals surface area (Å²) in [5, 5.41) is 0. The average molecular weight is 799 g/mol. The molecule has 9 aromatic rings. The predicted molar refractivity (Wildman–Crippen MR) is 237 cm³/mol. The highest BCUT2D eigenvalue weighted by atomic mass is 19.1. The first-order valence-corrected chi connectivity index (χ1v) is 20.1. The summed E-state index contributed by atoms with van der Waals surface area (Å²) in [6.07, 6.45) is 0. The van der Waals surface area contributed by atoms with Gasteiger partial charge in [0.2, 0.25) is 0 Å². The van der Waals surface area contributed by atoms with E-state index in [-0.39, 0.29) is 0 Å². The van der Waals surface area contributed by atoms with Crippen LogP contribution < -0.4 is 9.80 Å². The number of nitrogens with zero attached hydrogens (tertiary/aromatic N) is 2. The second-order valence-electron chi connectivity index (χ2n) is 15.5. The van der Waals surface area contributed by atoms with Crippen molar-refractivity contribution in [3.63, 3.8) is 0 Å². The van der Waals surface area contributed by atoms with Gasteiger partial charge in [-0.1, -0.05) is 109 Å². The fraction of sp³-hybridized carbons (Fsp3) is 0.0182. The van der Waals surface area contributed by atoms with Gasteiger partial charge in [-0.05, 0) is 153 Å². The molecule has 61 heavy (non-hydrogen) atoms. The van der Waals surface area contributed by atoms with E-state index in [4.69, 9.17) is 0 Å². The third-order valence-electron chi connectivity index (χ3n) is 12.1. The fourth-order valence-corrected chi connectivity index (χ4v) is 9.42. The molecule has 0 aliphatic carbocycles. The van der Waals surface area contributed by atoms with E-state index in [1.54, 1.807) is 24.3 Å². The van der Waals surface area contributed by atoms with Gasteiger partial charge in [-0.15, -0.1) is 0 Å². The molecule has 292 valence electrons. The topological polar surface area (TPSA) is 6.48 Å². The Morgan fingerprint density at radius 1 is 0.262 bits per heavy atom. The van der Waals surface area contributed by atoms with Crippen LogP contribution in [0.25, 0.3) is 33.4 Å². The number of hydrogen-bond donors (Lipinski definition) is 0. The van der Waals surface area contributed by atoms with E-state index >= 15 is 17.6 Å². The number of halogens is 4. The van der Waals surface area contributed by atoms with Crippen molar-refractivity contribution in [3.05, 3.63) is 252 Å². The van der Waals surface area contributed by atoms with Gasteiger partial charge in [0, 0.05) is 11.4 Å². The van der Waals surface area contributed by atoms with Gasteiger partial charge in [-0.25, -0.2) is 17.6 Å². The van der Waals surface area contributed by atoms with Crippen LogP contribution in [0, 0.1) is 23.3 Å². The number of anilines is 6. The van der Waals surface area contributed by atoms with E-state index < -0.39 is 28.7 Å². The van der Waals surface area contributed by atoms with Crippen molar-refractivity contribution in [1.29, 1.82) is 0 Å². The maximum atomic E-state index is 16.0. The molecule has 1 spiro atoms. The Morgan fingerprint density at radius 3 is 0.787 bits per heavy atom. The first-order valence-electron chi connectivity index (χ1n) is 20.1. The van der Waals surface area contributed by atoms with Gasteiger partial charge < -0.3 is 9.80 Å². The lowest BCUT2D eigenvalue weighted by molar-refractivity contribution is 0.595. The zero-order valence-electron chi connectivity index (χ0n) is 32.5. The molecule has 9 aromatic carbocycles. The smallest absolute Gasteiger partial charge is 0.123 e. The summed E-state index contributed by atoms with van der Waals surface area (Å²) in [6, 6.07) is 62.6. The van der Waals surface area contributed by atoms with Crippen LogP contribution in [0.5, 0.6) is 0 Å². The zero-order chi connectivity index (χ0) is 41.2. The quantitative estimate of drug-likeness (QED) is 0.160. The Hall–Kier alpha value is -7.70. The molecule has 2 heterocycles. The van der Waals surface area contributed by atoms with Crippen LogP contribution in [0.3, 0.4) is 0 Å². The molecule has 0 aromatic heterocycles. The molecular formula is C55H34F4N2. The van der Waals surface area contributed by atoms with Crippen LogP contribution in [-0.4, -0.2) is 0 Å². The molecule has 0 amide bonds. The number of hydrogen-bond acceptors (Lipinski definition) is 2. The SMILES string of the molecule is Fc1ccc2c(c1)C1(c3cc(F)ccc3N2c2ccc(-c3ccccc3)cc2)c2cc(F)ccc2N(c2ccc(-c3ccc(-c4ccccc4)cc3)cc2)c2ccc(F)cc21. The molecule has 2 aliphatic heterocycles. The highest BCUT2D eigenvalue weighted by Crippen LogP contribution is 2.64. The Kier molecular flexibility index (Phi) is 8.50. The molecule has 2 nitrogen and oxygen atoms in total. The van der Waals surface area contributed by atoms with Crippen LogP contribution in [0.1, 0.15) is 22.3 Å². The molecule has 6 heteroatoms. The van der Waals surface area contributed by atoms with Crippen LogP contribution in [0.4, 0.5) is 51.7 Å². The van der Waals surface area contributed by atoms with E-state index in [2.05, 4.69) is 36.4 Å². The number of rotatable bonds is 5. The third kappa shape index (κ3) is 5.86. The second-order valence-corrected chi connectivity index (χ2v) is 15.5. The van der Waals surface area contributed by atoms with E-state index in [1.807, 2.05) is 107 Å². The molecule has 0 N–H and O–H groups in total. The lowest BCUT2D eigenvalue weighted by Crippen LogP contribution is -2.42. The van der Waals surface area contributed by atoms with Crippen molar-refractivity contribution >= 4 is 34.1 Å². The summed E-state index contributed by atoms with van der Waals surface area (Å²) in [6.45, 7) is 0. The third-order valence-corrected chi connectivity index (χ3v) is 12.1. The van der Waals surface area contributed by atoms with Crippen molar-refractivity contribution in [2.75, 3.05) is 9.80 Å². The van der Waals surface area contributed by atoms with Gasteiger partial charge >= 0.3 is 0 Å². The van der Waals surface area contributed by atoms with Crippen molar-refractivity contribution in [2.45, 2.75) is 5.41 Å². The second kappa shape index (κ2) is 14.2. The van der Waals surface area contributed by atoms with E-state index in [9.17, 15) is 0 Å². The van der Waals surface area contributed by atoms with Gasteiger partial charge in [0.05, 0.1) is 28.2 Å². The summed E-state index contributed by atoms with van der Waals surface area (Å²) in [7, 11) is 0. The minimum absolute atomic E-state index is 0.420. The molecule has 0 radical (unpaired) electrons. The number of benzene rings is 9. The molecule has 0 fully saturated rings. The molecule has 0 saturated carbocycles. The Balaban J connectivity index is 1.10. The minimum Gasteiger partial charge on any atom is -0.310 e. The molecule has 0 atom stereocenters. The molecule has 0 bridgehead atoms. The zero-order valence-corrected chi connectivity index (χ0v) is 32.5. The van der Waals surface area contributed by atoms with E-state index in [1.165, 1.54) is 48.5 Å². The first kappa shape index (κ1) is 36.4. The van der Waals surface area contributed by atoms with Gasteiger partial charge in [0.15, 0.2) is 0 Å². The summed E-state index contributed by atoms with van der Waals surface area (Å²) in [5.41, 5.74) is 10.3. The maximum absolute atomic E-state index is 16.0. The van der Waals surface area contributed by atoms with Crippen molar-refractivity contribution in [1.82, 2.24) is 0 Å². The fourth-order valence-electron chi connectivity index (χ4n) is 9.42. The summed E-state index contributed by atoms with van der Waals surface area (Å²) < 4.78 is 63.8. The monoisotopic (exact) mass is 798 g/mol. The molecule has 11 rings (SSSR count). The lowest BCUT2D eigenvalue weighted by Gasteiger charge is -2.51. The summed E-state index contributed by atoms with van der Waals surface area (Å²) in [5.74, 6) is -2.16. The lowest BCUT2D eigenvalue weighted by atomic mass is 9.60. The average Bonchev–Trinajstić information content (AvgIpc) is 3.30. The van der Waals surface area contributed by atoms with Gasteiger partial charge in [0.25, 0.3) is 0 Å². The molecule has 2 aliphatic rings. The predicted octanol–water partition coefficient (Wildman–Crippen LogP) is 15.2. The van der Waals surface area contributed by atoms with Gasteiger partial charge in [0.1, 0.15) is 23.3 Å². The van der Waals surface area contributed by atoms with Crippen molar-refractivity contribution in [2.24, 2.45) is 0 Å². The highest BCUT2D eigenvalue weighted by molar-refractivity contribution is 5.97. The van der Waals surface area contributed by atoms with Gasteiger partial charge in [-0.3, -0.25) is 0 Å². The summed E-state index contributed by atoms with van der Waals surface area (Å²) >= 11 is 0. The first-order chi connectivity index (χ1) is 29.9. The maximum Gasteiger partial charge on any atom is 0.123 e. The number of fused-ring (bicyclic) bond motifs is 8. The molecule has 0 unspecified atom stereocenters.